The molecule has 0 spiro atoms. The van der Waals surface area contributed by atoms with E-state index in [1.165, 1.54) is 6.07 Å². The number of carbonyl (C=O) groups is 1. The van der Waals surface area contributed by atoms with Crippen LogP contribution in [0.25, 0.3) is 0 Å². The van der Waals surface area contributed by atoms with Crippen molar-refractivity contribution in [2.75, 3.05) is 0 Å². The molecule has 0 aliphatic carbocycles. The Bertz CT molecular complexity index is 352. The minimum atomic E-state index is -1.02. The van der Waals surface area contributed by atoms with E-state index in [2.05, 4.69) is 32.6 Å². The van der Waals surface area contributed by atoms with Crippen molar-refractivity contribution in [1.82, 2.24) is 4.90 Å². The molecule has 0 saturated carbocycles. The molecule has 0 fully saturated rings. The minimum Gasteiger partial charge on any atom is -0.475 e. The molecule has 1 rings (SSSR count). The second kappa shape index (κ2) is 6.67. The van der Waals surface area contributed by atoms with Crippen molar-refractivity contribution in [3.05, 3.63) is 23.7 Å². The van der Waals surface area contributed by atoms with Crippen molar-refractivity contribution in [3.63, 3.8) is 0 Å². The normalized spacial score (nSPS) is 11.0. The smallest absolute Gasteiger partial charge is 0.371 e. The SMILES string of the molecule is CC(C)N(Cc1ccc(C(=O)O)o1)C(C)C.Cl. The highest BCUT2D eigenvalue weighted by Gasteiger charge is 2.16. The summed E-state index contributed by atoms with van der Waals surface area (Å²) in [5, 5.41) is 8.74. The third-order valence-corrected chi connectivity index (χ3v) is 2.54. The molecular formula is C12H20ClNO3. The molecule has 1 aromatic heterocycles. The van der Waals surface area contributed by atoms with Gasteiger partial charge in [0.05, 0.1) is 6.54 Å². The van der Waals surface area contributed by atoms with E-state index >= 15 is 0 Å². The number of furan rings is 1. The summed E-state index contributed by atoms with van der Waals surface area (Å²) >= 11 is 0. The maximum absolute atomic E-state index is 10.7. The molecule has 1 N–H and O–H groups in total. The molecule has 0 bridgehead atoms. The summed E-state index contributed by atoms with van der Waals surface area (Å²) in [6.45, 7) is 9.09. The molecule has 5 heteroatoms. The topological polar surface area (TPSA) is 53.7 Å². The molecule has 0 amide bonds. The van der Waals surface area contributed by atoms with Crippen LogP contribution in [0.15, 0.2) is 16.5 Å². The lowest BCUT2D eigenvalue weighted by molar-refractivity contribution is 0.0656. The minimum absolute atomic E-state index is 0. The van der Waals surface area contributed by atoms with Gasteiger partial charge in [0.2, 0.25) is 5.76 Å². The first-order chi connectivity index (χ1) is 7.41. The van der Waals surface area contributed by atoms with Crippen LogP contribution >= 0.6 is 12.4 Å². The Morgan fingerprint density at radius 3 is 2.18 bits per heavy atom. The van der Waals surface area contributed by atoms with Crippen LogP contribution in [0.5, 0.6) is 0 Å². The van der Waals surface area contributed by atoms with Gasteiger partial charge in [-0.1, -0.05) is 0 Å². The first-order valence-electron chi connectivity index (χ1n) is 5.49. The Morgan fingerprint density at radius 1 is 1.29 bits per heavy atom. The fourth-order valence-corrected chi connectivity index (χ4v) is 1.72. The maximum atomic E-state index is 10.7. The van der Waals surface area contributed by atoms with Crippen LogP contribution in [0.3, 0.4) is 0 Å². The monoisotopic (exact) mass is 261 g/mol. The van der Waals surface area contributed by atoms with Crippen molar-refractivity contribution >= 4 is 18.4 Å². The van der Waals surface area contributed by atoms with Crippen LogP contribution in [0, 0.1) is 0 Å². The van der Waals surface area contributed by atoms with Gasteiger partial charge in [0.25, 0.3) is 0 Å². The van der Waals surface area contributed by atoms with Crippen LogP contribution in [0.1, 0.15) is 44.0 Å². The number of halogens is 1. The first-order valence-corrected chi connectivity index (χ1v) is 5.49. The molecule has 0 atom stereocenters. The lowest BCUT2D eigenvalue weighted by atomic mass is 10.2. The maximum Gasteiger partial charge on any atom is 0.371 e. The van der Waals surface area contributed by atoms with E-state index in [9.17, 15) is 4.79 Å². The fraction of sp³-hybridized carbons (Fsp3) is 0.583. The molecule has 1 aromatic rings. The summed E-state index contributed by atoms with van der Waals surface area (Å²) in [6, 6.07) is 4.02. The van der Waals surface area contributed by atoms with E-state index < -0.39 is 5.97 Å². The number of aromatic carboxylic acids is 1. The van der Waals surface area contributed by atoms with E-state index in [1.54, 1.807) is 6.07 Å². The summed E-state index contributed by atoms with van der Waals surface area (Å²) in [5.74, 6) is -0.325. The molecule has 98 valence electrons. The average molecular weight is 262 g/mol. The molecule has 0 radical (unpaired) electrons. The third kappa shape index (κ3) is 4.40. The Kier molecular flexibility index (Phi) is 6.27. The fourth-order valence-electron chi connectivity index (χ4n) is 1.72. The number of hydrogen-bond acceptors (Lipinski definition) is 3. The van der Waals surface area contributed by atoms with Gasteiger partial charge < -0.3 is 9.52 Å². The van der Waals surface area contributed by atoms with Gasteiger partial charge >= 0.3 is 5.97 Å². The van der Waals surface area contributed by atoms with Crippen LogP contribution in [-0.4, -0.2) is 28.1 Å². The molecule has 0 unspecified atom stereocenters. The molecule has 0 saturated heterocycles. The van der Waals surface area contributed by atoms with Crippen molar-refractivity contribution in [2.24, 2.45) is 0 Å². The Balaban J connectivity index is 0.00000256. The highest BCUT2D eigenvalue weighted by atomic mass is 35.5. The van der Waals surface area contributed by atoms with Gasteiger partial charge in [0, 0.05) is 12.1 Å². The quantitative estimate of drug-likeness (QED) is 0.885. The van der Waals surface area contributed by atoms with Gasteiger partial charge in [-0.3, -0.25) is 4.90 Å². The van der Waals surface area contributed by atoms with Crippen LogP contribution in [-0.2, 0) is 6.54 Å². The first kappa shape index (κ1) is 16.0. The molecule has 0 aliphatic heterocycles. The molecular weight excluding hydrogens is 242 g/mol. The summed E-state index contributed by atoms with van der Waals surface area (Å²) < 4.78 is 5.23. The average Bonchev–Trinajstić information content (AvgIpc) is 2.61. The Morgan fingerprint density at radius 2 is 1.82 bits per heavy atom. The summed E-state index contributed by atoms with van der Waals surface area (Å²) in [6.07, 6.45) is 0. The van der Waals surface area contributed by atoms with E-state index in [1.807, 2.05) is 0 Å². The molecule has 17 heavy (non-hydrogen) atoms. The van der Waals surface area contributed by atoms with Crippen molar-refractivity contribution < 1.29 is 14.3 Å². The van der Waals surface area contributed by atoms with Gasteiger partial charge in [0.1, 0.15) is 5.76 Å². The lowest BCUT2D eigenvalue weighted by Gasteiger charge is -2.29. The van der Waals surface area contributed by atoms with Gasteiger partial charge in [0.15, 0.2) is 0 Å². The van der Waals surface area contributed by atoms with E-state index in [4.69, 9.17) is 9.52 Å². The van der Waals surface area contributed by atoms with Gasteiger partial charge in [-0.05, 0) is 39.8 Å². The molecule has 1 heterocycles. The predicted molar refractivity (Wildman–Crippen MR) is 68.7 cm³/mol. The Labute approximate surface area is 108 Å². The van der Waals surface area contributed by atoms with Crippen LogP contribution in [0.4, 0.5) is 0 Å². The number of carboxylic acids is 1. The lowest BCUT2D eigenvalue weighted by Crippen LogP contribution is -2.36. The third-order valence-electron chi connectivity index (χ3n) is 2.54. The second-order valence-corrected chi connectivity index (χ2v) is 4.43. The summed E-state index contributed by atoms with van der Waals surface area (Å²) in [7, 11) is 0. The largest absolute Gasteiger partial charge is 0.475 e. The summed E-state index contributed by atoms with van der Waals surface area (Å²) in [4.78, 5) is 12.9. The number of hydrogen-bond donors (Lipinski definition) is 1. The number of nitrogens with zero attached hydrogens (tertiary/aromatic N) is 1. The van der Waals surface area contributed by atoms with Gasteiger partial charge in [-0.15, -0.1) is 12.4 Å². The van der Waals surface area contributed by atoms with Gasteiger partial charge in [-0.2, -0.15) is 0 Å². The number of rotatable bonds is 5. The highest BCUT2D eigenvalue weighted by Crippen LogP contribution is 2.14. The van der Waals surface area contributed by atoms with Crippen molar-refractivity contribution in [2.45, 2.75) is 46.3 Å². The molecule has 0 aromatic carbocycles. The predicted octanol–water partition coefficient (Wildman–Crippen LogP) is 3.02. The van der Waals surface area contributed by atoms with Gasteiger partial charge in [-0.25, -0.2) is 4.79 Å². The molecule has 0 aliphatic rings. The molecule has 4 nitrogen and oxygen atoms in total. The summed E-state index contributed by atoms with van der Waals surface area (Å²) in [5.41, 5.74) is 0. The number of carboxylic acid groups (broad SMARTS) is 1. The zero-order valence-corrected chi connectivity index (χ0v) is 11.5. The van der Waals surface area contributed by atoms with Crippen molar-refractivity contribution in [3.8, 4) is 0 Å². The van der Waals surface area contributed by atoms with Crippen LogP contribution < -0.4 is 0 Å². The zero-order chi connectivity index (χ0) is 12.3. The van der Waals surface area contributed by atoms with E-state index in [0.29, 0.717) is 24.4 Å². The standard InChI is InChI=1S/C12H19NO3.ClH/c1-8(2)13(9(3)4)7-10-5-6-11(16-10)12(14)15;/h5-6,8-9H,7H2,1-4H3,(H,14,15);1H. The van der Waals surface area contributed by atoms with Crippen molar-refractivity contribution in [1.29, 1.82) is 0 Å². The van der Waals surface area contributed by atoms with E-state index in [-0.39, 0.29) is 18.2 Å². The van der Waals surface area contributed by atoms with Crippen LogP contribution in [0.2, 0.25) is 0 Å². The highest BCUT2D eigenvalue weighted by molar-refractivity contribution is 5.85. The second-order valence-electron chi connectivity index (χ2n) is 4.43. The Hall–Kier alpha value is -1.00. The van der Waals surface area contributed by atoms with E-state index in [0.717, 1.165) is 0 Å². The zero-order valence-electron chi connectivity index (χ0n) is 10.6.